The molecule has 1 nitrogen and oxygen atoms in total. The average molecular weight is 362 g/mol. The number of aryl methyl sites for hydroxylation is 1. The third-order valence-electron chi connectivity index (χ3n) is 3.41. The summed E-state index contributed by atoms with van der Waals surface area (Å²) < 4.78 is 7.02. The first-order chi connectivity index (χ1) is 10.2. The smallest absolute Gasteiger partial charge is 0.142 e. The van der Waals surface area contributed by atoms with E-state index in [1.165, 1.54) is 10.9 Å². The van der Waals surface area contributed by atoms with Gasteiger partial charge in [0.1, 0.15) is 11.5 Å². The van der Waals surface area contributed by atoms with Crippen LogP contribution in [0.15, 0.2) is 59.1 Å². The van der Waals surface area contributed by atoms with Crippen molar-refractivity contribution in [1.29, 1.82) is 0 Å². The first kappa shape index (κ1) is 14.4. The van der Waals surface area contributed by atoms with E-state index in [-0.39, 0.29) is 0 Å². The van der Waals surface area contributed by atoms with Crippen molar-refractivity contribution in [3.05, 3.63) is 70.2 Å². The Balaban J connectivity index is 2.04. The summed E-state index contributed by atoms with van der Waals surface area (Å²) in [4.78, 5) is 0. The fourth-order valence-electron chi connectivity index (χ4n) is 2.32. The second-order valence-electron chi connectivity index (χ2n) is 4.95. The van der Waals surface area contributed by atoms with Crippen molar-refractivity contribution in [2.45, 2.75) is 12.8 Å². The van der Waals surface area contributed by atoms with Crippen molar-refractivity contribution >= 4 is 38.3 Å². The minimum absolute atomic E-state index is 0.433. The second-order valence-corrected chi connectivity index (χ2v) is 6.01. The number of alkyl halides is 1. The van der Waals surface area contributed by atoms with Gasteiger partial charge in [-0.1, -0.05) is 48.0 Å². The Labute approximate surface area is 137 Å². The molecule has 3 rings (SSSR count). The van der Waals surface area contributed by atoms with Crippen LogP contribution in [0.2, 0.25) is 0 Å². The molecule has 0 radical (unpaired) electrons. The molecule has 3 aromatic rings. The van der Waals surface area contributed by atoms with Crippen molar-refractivity contribution < 1.29 is 4.74 Å². The molecule has 3 aromatic carbocycles. The summed E-state index contributed by atoms with van der Waals surface area (Å²) in [5.74, 6) is 2.03. The van der Waals surface area contributed by atoms with E-state index in [0.717, 1.165) is 26.9 Å². The lowest BCUT2D eigenvalue weighted by Gasteiger charge is -2.13. The zero-order valence-electron chi connectivity index (χ0n) is 11.6. The molecule has 3 heteroatoms. The summed E-state index contributed by atoms with van der Waals surface area (Å²) in [7, 11) is 0. The third kappa shape index (κ3) is 2.92. The van der Waals surface area contributed by atoms with Crippen molar-refractivity contribution in [3.8, 4) is 11.5 Å². The molecule has 0 aromatic heterocycles. The summed E-state index contributed by atoms with van der Waals surface area (Å²) in [6.45, 7) is 2.05. The SMILES string of the molecule is Cc1ccc(Oc2ccc3ccccc3c2Br)c(CCl)c1. The van der Waals surface area contributed by atoms with Gasteiger partial charge in [0.25, 0.3) is 0 Å². The van der Waals surface area contributed by atoms with E-state index in [4.69, 9.17) is 16.3 Å². The van der Waals surface area contributed by atoms with Crippen LogP contribution in [0.1, 0.15) is 11.1 Å². The molecule has 0 unspecified atom stereocenters. The molecule has 0 amide bonds. The van der Waals surface area contributed by atoms with Crippen LogP contribution in [0.25, 0.3) is 10.8 Å². The molecule has 21 heavy (non-hydrogen) atoms. The van der Waals surface area contributed by atoms with Crippen LogP contribution >= 0.6 is 27.5 Å². The maximum Gasteiger partial charge on any atom is 0.142 e. The largest absolute Gasteiger partial charge is 0.456 e. The Morgan fingerprint density at radius 1 is 1.00 bits per heavy atom. The highest BCUT2D eigenvalue weighted by Gasteiger charge is 2.09. The van der Waals surface area contributed by atoms with Gasteiger partial charge in [-0.15, -0.1) is 11.6 Å². The Bertz CT molecular complexity index is 798. The highest BCUT2D eigenvalue weighted by molar-refractivity contribution is 9.10. The number of ether oxygens (including phenoxy) is 1. The van der Waals surface area contributed by atoms with Gasteiger partial charge in [-0.25, -0.2) is 0 Å². The van der Waals surface area contributed by atoms with Crippen LogP contribution in [0.4, 0.5) is 0 Å². The molecular formula is C18H14BrClO. The highest BCUT2D eigenvalue weighted by Crippen LogP contribution is 2.37. The van der Waals surface area contributed by atoms with Gasteiger partial charge >= 0.3 is 0 Å². The first-order valence-corrected chi connectivity index (χ1v) is 8.02. The molecule has 0 fully saturated rings. The van der Waals surface area contributed by atoms with Crippen molar-refractivity contribution in [2.75, 3.05) is 0 Å². The van der Waals surface area contributed by atoms with Gasteiger partial charge in [-0.05, 0) is 45.8 Å². The predicted molar refractivity (Wildman–Crippen MR) is 92.5 cm³/mol. The molecule has 0 aliphatic rings. The van der Waals surface area contributed by atoms with E-state index in [9.17, 15) is 0 Å². The third-order valence-corrected chi connectivity index (χ3v) is 4.51. The normalized spacial score (nSPS) is 10.8. The lowest BCUT2D eigenvalue weighted by molar-refractivity contribution is 0.476. The van der Waals surface area contributed by atoms with E-state index in [2.05, 4.69) is 40.2 Å². The lowest BCUT2D eigenvalue weighted by Crippen LogP contribution is -1.92. The summed E-state index contributed by atoms with van der Waals surface area (Å²) in [6.07, 6.45) is 0. The number of halogens is 2. The molecule has 0 atom stereocenters. The molecule has 0 spiro atoms. The van der Waals surface area contributed by atoms with Crippen LogP contribution in [0.3, 0.4) is 0 Å². The fourth-order valence-corrected chi connectivity index (χ4v) is 3.11. The highest BCUT2D eigenvalue weighted by atomic mass is 79.9. The van der Waals surface area contributed by atoms with Crippen LogP contribution in [0, 0.1) is 6.92 Å². The topological polar surface area (TPSA) is 9.23 Å². The van der Waals surface area contributed by atoms with Crippen molar-refractivity contribution in [2.24, 2.45) is 0 Å². The van der Waals surface area contributed by atoms with Gasteiger partial charge in [0.05, 0.1) is 10.4 Å². The number of hydrogen-bond donors (Lipinski definition) is 0. The van der Waals surface area contributed by atoms with Crippen LogP contribution < -0.4 is 4.74 Å². The van der Waals surface area contributed by atoms with Gasteiger partial charge in [-0.3, -0.25) is 0 Å². The monoisotopic (exact) mass is 360 g/mol. The summed E-state index contributed by atoms with van der Waals surface area (Å²) in [5, 5.41) is 2.31. The number of benzene rings is 3. The van der Waals surface area contributed by atoms with E-state index < -0.39 is 0 Å². The lowest BCUT2D eigenvalue weighted by atomic mass is 10.1. The van der Waals surface area contributed by atoms with Crippen LogP contribution in [-0.2, 0) is 5.88 Å². The number of fused-ring (bicyclic) bond motifs is 1. The molecular weight excluding hydrogens is 348 g/mol. The van der Waals surface area contributed by atoms with Gasteiger partial charge in [-0.2, -0.15) is 0 Å². The minimum atomic E-state index is 0.433. The molecule has 0 aliphatic carbocycles. The summed E-state index contributed by atoms with van der Waals surface area (Å²) in [5.41, 5.74) is 2.17. The molecule has 0 N–H and O–H groups in total. The molecule has 106 valence electrons. The standard InChI is InChI=1S/C18H14BrClO/c1-12-6-8-16(14(10-12)11-20)21-17-9-7-13-4-2-3-5-15(13)18(17)19/h2-10H,11H2,1H3. The van der Waals surface area contributed by atoms with E-state index in [1.807, 2.05) is 37.3 Å². The van der Waals surface area contributed by atoms with Crippen LogP contribution in [0.5, 0.6) is 11.5 Å². The van der Waals surface area contributed by atoms with Crippen molar-refractivity contribution in [1.82, 2.24) is 0 Å². The van der Waals surface area contributed by atoms with E-state index in [0.29, 0.717) is 5.88 Å². The predicted octanol–water partition coefficient (Wildman–Crippen LogP) is 6.44. The first-order valence-electron chi connectivity index (χ1n) is 6.69. The van der Waals surface area contributed by atoms with Gasteiger partial charge in [0.2, 0.25) is 0 Å². The molecule has 0 bridgehead atoms. The maximum absolute atomic E-state index is 6.06. The Hall–Kier alpha value is -1.51. The fraction of sp³-hybridized carbons (Fsp3) is 0.111. The van der Waals surface area contributed by atoms with E-state index >= 15 is 0 Å². The number of rotatable bonds is 3. The maximum atomic E-state index is 6.06. The van der Waals surface area contributed by atoms with Gasteiger partial charge in [0, 0.05) is 5.56 Å². The van der Waals surface area contributed by atoms with E-state index in [1.54, 1.807) is 0 Å². The summed E-state index contributed by atoms with van der Waals surface area (Å²) in [6, 6.07) is 18.3. The molecule has 0 aliphatic heterocycles. The minimum Gasteiger partial charge on any atom is -0.456 e. The summed E-state index contributed by atoms with van der Waals surface area (Å²) >= 11 is 9.66. The Kier molecular flexibility index (Phi) is 4.18. The zero-order chi connectivity index (χ0) is 14.8. The molecule has 0 saturated heterocycles. The quantitative estimate of drug-likeness (QED) is 0.488. The van der Waals surface area contributed by atoms with Gasteiger partial charge in [0.15, 0.2) is 0 Å². The van der Waals surface area contributed by atoms with Gasteiger partial charge < -0.3 is 4.74 Å². The Morgan fingerprint density at radius 3 is 2.57 bits per heavy atom. The number of hydrogen-bond acceptors (Lipinski definition) is 1. The zero-order valence-corrected chi connectivity index (χ0v) is 13.9. The van der Waals surface area contributed by atoms with Crippen LogP contribution in [-0.4, -0.2) is 0 Å². The molecule has 0 heterocycles. The Morgan fingerprint density at radius 2 is 1.76 bits per heavy atom. The molecule has 0 saturated carbocycles. The second kappa shape index (κ2) is 6.08. The van der Waals surface area contributed by atoms with Crippen molar-refractivity contribution in [3.63, 3.8) is 0 Å². The average Bonchev–Trinajstić information content (AvgIpc) is 2.51.